The van der Waals surface area contributed by atoms with Crippen LogP contribution in [0.15, 0.2) is 42.5 Å². The van der Waals surface area contributed by atoms with Crippen LogP contribution in [0.5, 0.6) is 5.75 Å². The summed E-state index contributed by atoms with van der Waals surface area (Å²) in [5, 5.41) is 3.07. The summed E-state index contributed by atoms with van der Waals surface area (Å²) in [4.78, 5) is 17.1. The molecule has 27 heavy (non-hydrogen) atoms. The molecule has 5 heteroatoms. The van der Waals surface area contributed by atoms with E-state index < -0.39 is 0 Å². The van der Waals surface area contributed by atoms with Gasteiger partial charge in [-0.15, -0.1) is 0 Å². The van der Waals surface area contributed by atoms with Crippen molar-refractivity contribution in [1.82, 2.24) is 5.32 Å². The minimum Gasteiger partial charge on any atom is -0.496 e. The van der Waals surface area contributed by atoms with Gasteiger partial charge in [-0.2, -0.15) is 0 Å². The molecule has 0 aliphatic carbocycles. The molecule has 1 fully saturated rings. The van der Waals surface area contributed by atoms with E-state index in [9.17, 15) is 4.79 Å². The SMILES string of the molecule is COc1ccccc1CCNC(=O)N1CCc2ccc(N3CCCC3)cc21. The number of para-hydroxylation sites is 1. The first kappa shape index (κ1) is 17.7. The molecule has 5 nitrogen and oxygen atoms in total. The molecule has 2 amide bonds. The summed E-state index contributed by atoms with van der Waals surface area (Å²) >= 11 is 0. The maximum atomic E-state index is 12.8. The Kier molecular flexibility index (Phi) is 5.19. The van der Waals surface area contributed by atoms with Crippen LogP contribution in [-0.2, 0) is 12.8 Å². The number of methoxy groups -OCH3 is 1. The normalized spacial score (nSPS) is 15.7. The quantitative estimate of drug-likeness (QED) is 0.880. The van der Waals surface area contributed by atoms with E-state index in [1.54, 1.807) is 7.11 Å². The van der Waals surface area contributed by atoms with Crippen LogP contribution >= 0.6 is 0 Å². The molecule has 2 heterocycles. The van der Waals surface area contributed by atoms with Gasteiger partial charge in [0.1, 0.15) is 5.75 Å². The zero-order valence-electron chi connectivity index (χ0n) is 15.9. The monoisotopic (exact) mass is 365 g/mol. The number of carbonyl (C=O) groups excluding carboxylic acids is 1. The Hall–Kier alpha value is -2.69. The molecule has 0 aromatic heterocycles. The Morgan fingerprint density at radius 1 is 1.11 bits per heavy atom. The molecule has 0 unspecified atom stereocenters. The third-order valence-electron chi connectivity index (χ3n) is 5.54. The topological polar surface area (TPSA) is 44.8 Å². The second-order valence-corrected chi connectivity index (χ2v) is 7.20. The van der Waals surface area contributed by atoms with E-state index in [1.165, 1.54) is 24.1 Å². The largest absolute Gasteiger partial charge is 0.496 e. The minimum absolute atomic E-state index is 0.0118. The van der Waals surface area contributed by atoms with Crippen LogP contribution in [0, 0.1) is 0 Å². The van der Waals surface area contributed by atoms with Crippen molar-refractivity contribution in [3.63, 3.8) is 0 Å². The zero-order valence-corrected chi connectivity index (χ0v) is 15.9. The fraction of sp³-hybridized carbons (Fsp3) is 0.409. The Balaban J connectivity index is 1.40. The van der Waals surface area contributed by atoms with Crippen LogP contribution < -0.4 is 19.9 Å². The lowest BCUT2D eigenvalue weighted by Crippen LogP contribution is -2.39. The molecule has 4 rings (SSSR count). The number of hydrogen-bond acceptors (Lipinski definition) is 3. The highest BCUT2D eigenvalue weighted by atomic mass is 16.5. The van der Waals surface area contributed by atoms with Gasteiger partial charge in [0.05, 0.1) is 12.8 Å². The van der Waals surface area contributed by atoms with E-state index in [2.05, 4.69) is 28.4 Å². The van der Waals surface area contributed by atoms with Gasteiger partial charge in [-0.25, -0.2) is 4.79 Å². The van der Waals surface area contributed by atoms with E-state index >= 15 is 0 Å². The van der Waals surface area contributed by atoms with Crippen molar-refractivity contribution in [2.24, 2.45) is 0 Å². The van der Waals surface area contributed by atoms with Gasteiger partial charge in [0.2, 0.25) is 0 Å². The number of nitrogens with one attached hydrogen (secondary N) is 1. The maximum Gasteiger partial charge on any atom is 0.321 e. The second kappa shape index (κ2) is 7.91. The smallest absolute Gasteiger partial charge is 0.321 e. The predicted octanol–water partition coefficient (Wildman–Crippen LogP) is 3.61. The number of benzene rings is 2. The third-order valence-corrected chi connectivity index (χ3v) is 5.54. The molecule has 1 saturated heterocycles. The number of rotatable bonds is 5. The van der Waals surface area contributed by atoms with Gasteiger partial charge >= 0.3 is 6.03 Å². The molecular formula is C22H27N3O2. The first-order valence-corrected chi connectivity index (χ1v) is 9.81. The van der Waals surface area contributed by atoms with E-state index in [0.29, 0.717) is 6.54 Å². The lowest BCUT2D eigenvalue weighted by atomic mass is 10.1. The molecule has 0 bridgehead atoms. The van der Waals surface area contributed by atoms with E-state index in [1.807, 2.05) is 29.2 Å². The van der Waals surface area contributed by atoms with Crippen LogP contribution in [0.2, 0.25) is 0 Å². The minimum atomic E-state index is -0.0118. The first-order chi connectivity index (χ1) is 13.3. The number of carbonyl (C=O) groups is 1. The summed E-state index contributed by atoms with van der Waals surface area (Å²) in [7, 11) is 1.68. The van der Waals surface area contributed by atoms with Crippen LogP contribution in [0.3, 0.4) is 0 Å². The molecule has 0 spiro atoms. The lowest BCUT2D eigenvalue weighted by Gasteiger charge is -2.22. The van der Waals surface area contributed by atoms with E-state index in [-0.39, 0.29) is 6.03 Å². The van der Waals surface area contributed by atoms with Crippen molar-refractivity contribution in [1.29, 1.82) is 0 Å². The summed E-state index contributed by atoms with van der Waals surface area (Å²) in [6.45, 7) is 3.57. The predicted molar refractivity (Wildman–Crippen MR) is 109 cm³/mol. The maximum absolute atomic E-state index is 12.8. The first-order valence-electron chi connectivity index (χ1n) is 9.81. The van der Waals surface area contributed by atoms with Gasteiger partial charge in [0, 0.05) is 31.9 Å². The molecule has 0 atom stereocenters. The van der Waals surface area contributed by atoms with Crippen LogP contribution in [0.25, 0.3) is 0 Å². The Bertz CT molecular complexity index is 815. The number of anilines is 2. The highest BCUT2D eigenvalue weighted by Gasteiger charge is 2.26. The van der Waals surface area contributed by atoms with E-state index in [0.717, 1.165) is 49.5 Å². The van der Waals surface area contributed by atoms with Gasteiger partial charge in [-0.3, -0.25) is 4.90 Å². The Morgan fingerprint density at radius 2 is 1.93 bits per heavy atom. The molecule has 1 N–H and O–H groups in total. The summed E-state index contributed by atoms with van der Waals surface area (Å²) in [5.74, 6) is 0.869. The molecule has 2 aromatic carbocycles. The number of urea groups is 1. The van der Waals surface area contributed by atoms with Crippen molar-refractivity contribution in [3.05, 3.63) is 53.6 Å². The van der Waals surface area contributed by atoms with Gasteiger partial charge in [0.25, 0.3) is 0 Å². The molecule has 2 aliphatic heterocycles. The number of ether oxygens (including phenoxy) is 1. The number of nitrogens with zero attached hydrogens (tertiary/aromatic N) is 2. The number of amides is 2. The second-order valence-electron chi connectivity index (χ2n) is 7.20. The Labute approximate surface area is 160 Å². The average molecular weight is 365 g/mol. The summed E-state index contributed by atoms with van der Waals surface area (Å²) in [6, 6.07) is 14.5. The summed E-state index contributed by atoms with van der Waals surface area (Å²) in [6.07, 6.45) is 4.19. The van der Waals surface area contributed by atoms with Crippen molar-refractivity contribution < 1.29 is 9.53 Å². The van der Waals surface area contributed by atoms with Crippen molar-refractivity contribution >= 4 is 17.4 Å². The van der Waals surface area contributed by atoms with Gasteiger partial charge in [-0.05, 0) is 55.0 Å². The van der Waals surface area contributed by atoms with E-state index in [4.69, 9.17) is 4.74 Å². The average Bonchev–Trinajstić information content (AvgIpc) is 3.37. The molecule has 0 saturated carbocycles. The third kappa shape index (κ3) is 3.72. The van der Waals surface area contributed by atoms with Crippen LogP contribution in [0.1, 0.15) is 24.0 Å². The van der Waals surface area contributed by atoms with Crippen molar-refractivity contribution in [2.45, 2.75) is 25.7 Å². The fourth-order valence-electron chi connectivity index (χ4n) is 4.06. The Morgan fingerprint density at radius 3 is 2.74 bits per heavy atom. The number of fused-ring (bicyclic) bond motifs is 1. The molecule has 2 aromatic rings. The molecular weight excluding hydrogens is 338 g/mol. The molecule has 0 radical (unpaired) electrons. The zero-order chi connectivity index (χ0) is 18.6. The summed E-state index contributed by atoms with van der Waals surface area (Å²) in [5.41, 5.74) is 4.67. The van der Waals surface area contributed by atoms with Gasteiger partial charge < -0.3 is 15.0 Å². The highest BCUT2D eigenvalue weighted by Crippen LogP contribution is 2.33. The van der Waals surface area contributed by atoms with Crippen LogP contribution in [0.4, 0.5) is 16.2 Å². The van der Waals surface area contributed by atoms with Crippen LogP contribution in [-0.4, -0.2) is 39.3 Å². The standard InChI is InChI=1S/C22H27N3O2/c1-27-21-7-3-2-6-18(21)10-12-23-22(26)25-15-11-17-8-9-19(16-20(17)25)24-13-4-5-14-24/h2-3,6-9,16H,4-5,10-15H2,1H3,(H,23,26). The van der Waals surface area contributed by atoms with Gasteiger partial charge in [0.15, 0.2) is 0 Å². The lowest BCUT2D eigenvalue weighted by molar-refractivity contribution is 0.247. The molecule has 2 aliphatic rings. The fourth-order valence-corrected chi connectivity index (χ4v) is 4.06. The van der Waals surface area contributed by atoms with Crippen molar-refractivity contribution in [2.75, 3.05) is 43.1 Å². The van der Waals surface area contributed by atoms with Crippen molar-refractivity contribution in [3.8, 4) is 5.75 Å². The highest BCUT2D eigenvalue weighted by molar-refractivity contribution is 5.95. The number of hydrogen-bond donors (Lipinski definition) is 1. The van der Waals surface area contributed by atoms with Gasteiger partial charge in [-0.1, -0.05) is 24.3 Å². The molecule has 142 valence electrons. The summed E-state index contributed by atoms with van der Waals surface area (Å²) < 4.78 is 5.38.